The van der Waals surface area contributed by atoms with E-state index in [9.17, 15) is 0 Å². The minimum atomic E-state index is 0.998. The van der Waals surface area contributed by atoms with Crippen molar-refractivity contribution in [2.75, 3.05) is 6.54 Å². The summed E-state index contributed by atoms with van der Waals surface area (Å²) in [7, 11) is 0. The fourth-order valence-electron chi connectivity index (χ4n) is 0.799. The maximum absolute atomic E-state index is 3.26. The molecule has 0 amide bonds. The van der Waals surface area contributed by atoms with Crippen LogP contribution in [0.4, 0.5) is 0 Å². The van der Waals surface area contributed by atoms with Gasteiger partial charge in [-0.25, -0.2) is 0 Å². The van der Waals surface area contributed by atoms with Crippen LogP contribution < -0.4 is 5.32 Å². The van der Waals surface area contributed by atoms with E-state index >= 15 is 0 Å². The average Bonchev–Trinajstić information content (AvgIpc) is 1.87. The lowest BCUT2D eigenvalue weighted by Gasteiger charge is -2.03. The second-order valence-corrected chi connectivity index (χ2v) is 3.04. The molecule has 0 bridgehead atoms. The van der Waals surface area contributed by atoms with Gasteiger partial charge in [-0.1, -0.05) is 11.1 Å². The van der Waals surface area contributed by atoms with E-state index in [-0.39, 0.29) is 0 Å². The van der Waals surface area contributed by atoms with E-state index in [1.165, 1.54) is 16.8 Å². The lowest BCUT2D eigenvalue weighted by atomic mass is 10.1. The van der Waals surface area contributed by atoms with Gasteiger partial charge in [0.1, 0.15) is 0 Å². The highest BCUT2D eigenvalue weighted by atomic mass is 14.9. The molecule has 0 saturated carbocycles. The van der Waals surface area contributed by atoms with Crippen molar-refractivity contribution >= 4 is 0 Å². The third kappa shape index (κ3) is 4.65. The molecule has 0 unspecified atom stereocenters. The van der Waals surface area contributed by atoms with E-state index in [1.54, 1.807) is 0 Å². The van der Waals surface area contributed by atoms with Crippen molar-refractivity contribution in [1.29, 1.82) is 0 Å². The number of rotatable bonds is 3. The van der Waals surface area contributed by atoms with Crippen LogP contribution in [0, 0.1) is 0 Å². The first-order valence-electron chi connectivity index (χ1n) is 4.14. The van der Waals surface area contributed by atoms with Crippen molar-refractivity contribution in [3.05, 3.63) is 22.9 Å². The van der Waals surface area contributed by atoms with E-state index in [2.05, 4.69) is 46.0 Å². The topological polar surface area (TPSA) is 12.0 Å². The predicted octanol–water partition coefficient (Wildman–Crippen LogP) is 2.86. The van der Waals surface area contributed by atoms with Gasteiger partial charge < -0.3 is 5.32 Å². The highest BCUT2D eigenvalue weighted by Gasteiger charge is 1.88. The molecule has 0 saturated heterocycles. The van der Waals surface area contributed by atoms with Gasteiger partial charge in [-0.05, 0) is 40.7 Å². The zero-order chi connectivity index (χ0) is 8.85. The summed E-state index contributed by atoms with van der Waals surface area (Å²) < 4.78 is 0. The third-order valence-electron chi connectivity index (χ3n) is 1.68. The monoisotopic (exact) mass is 153 g/mol. The standard InChI is InChI=1S/C10H19N/c1-6-11-10(5)7-9(4)8(2)3/h7,11H,6H2,1-5H3/b10-7+. The second-order valence-electron chi connectivity index (χ2n) is 3.04. The van der Waals surface area contributed by atoms with Crippen LogP contribution in [0.1, 0.15) is 34.6 Å². The van der Waals surface area contributed by atoms with Gasteiger partial charge >= 0.3 is 0 Å². The molecular weight excluding hydrogens is 134 g/mol. The quantitative estimate of drug-likeness (QED) is 0.615. The molecule has 0 aromatic carbocycles. The highest BCUT2D eigenvalue weighted by Crippen LogP contribution is 2.04. The van der Waals surface area contributed by atoms with Crippen LogP contribution in [0.2, 0.25) is 0 Å². The number of hydrogen-bond acceptors (Lipinski definition) is 1. The third-order valence-corrected chi connectivity index (χ3v) is 1.68. The van der Waals surface area contributed by atoms with Crippen LogP contribution in [-0.4, -0.2) is 6.54 Å². The molecule has 1 nitrogen and oxygen atoms in total. The molecule has 0 aliphatic heterocycles. The van der Waals surface area contributed by atoms with Gasteiger partial charge in [0.25, 0.3) is 0 Å². The van der Waals surface area contributed by atoms with Gasteiger partial charge in [-0.15, -0.1) is 0 Å². The molecule has 0 aliphatic carbocycles. The summed E-state index contributed by atoms with van der Waals surface area (Å²) >= 11 is 0. The van der Waals surface area contributed by atoms with Crippen LogP contribution in [0.5, 0.6) is 0 Å². The van der Waals surface area contributed by atoms with Crippen molar-refractivity contribution in [3.63, 3.8) is 0 Å². The van der Waals surface area contributed by atoms with Gasteiger partial charge in [-0.3, -0.25) is 0 Å². The minimum absolute atomic E-state index is 0.998. The molecule has 0 atom stereocenters. The average molecular weight is 153 g/mol. The summed E-state index contributed by atoms with van der Waals surface area (Å²) in [5.74, 6) is 0. The summed E-state index contributed by atoms with van der Waals surface area (Å²) in [5, 5.41) is 3.26. The molecule has 0 radical (unpaired) electrons. The number of nitrogens with one attached hydrogen (secondary N) is 1. The molecule has 0 rings (SSSR count). The Kier molecular flexibility index (Phi) is 4.67. The van der Waals surface area contributed by atoms with Gasteiger partial charge in [0.05, 0.1) is 0 Å². The molecule has 0 spiro atoms. The largest absolute Gasteiger partial charge is 0.389 e. The van der Waals surface area contributed by atoms with Gasteiger partial charge in [0.15, 0.2) is 0 Å². The van der Waals surface area contributed by atoms with Crippen molar-refractivity contribution in [2.45, 2.75) is 34.6 Å². The maximum Gasteiger partial charge on any atom is 0.0115 e. The fraction of sp³-hybridized carbons (Fsp3) is 0.600. The Bertz CT molecular complexity index is 171. The predicted molar refractivity (Wildman–Crippen MR) is 51.5 cm³/mol. The Balaban J connectivity index is 4.19. The summed E-state index contributed by atoms with van der Waals surface area (Å²) in [4.78, 5) is 0. The molecule has 64 valence electrons. The molecule has 0 aliphatic rings. The van der Waals surface area contributed by atoms with E-state index in [0.717, 1.165) is 6.54 Å². The van der Waals surface area contributed by atoms with Crippen molar-refractivity contribution in [3.8, 4) is 0 Å². The Hall–Kier alpha value is -0.720. The summed E-state index contributed by atoms with van der Waals surface area (Å²) in [6.45, 7) is 11.6. The summed E-state index contributed by atoms with van der Waals surface area (Å²) in [6, 6.07) is 0. The van der Waals surface area contributed by atoms with Crippen LogP contribution >= 0.6 is 0 Å². The molecule has 1 N–H and O–H groups in total. The highest BCUT2D eigenvalue weighted by molar-refractivity contribution is 5.23. The first kappa shape index (κ1) is 10.3. The smallest absolute Gasteiger partial charge is 0.0115 e. The summed E-state index contributed by atoms with van der Waals surface area (Å²) in [5.41, 5.74) is 3.97. The second kappa shape index (κ2) is 5.00. The van der Waals surface area contributed by atoms with Crippen LogP contribution in [0.15, 0.2) is 22.9 Å². The maximum atomic E-state index is 3.26. The summed E-state index contributed by atoms with van der Waals surface area (Å²) in [6.07, 6.45) is 2.18. The Morgan fingerprint density at radius 1 is 1.18 bits per heavy atom. The van der Waals surface area contributed by atoms with Crippen molar-refractivity contribution < 1.29 is 0 Å². The van der Waals surface area contributed by atoms with E-state index in [0.29, 0.717) is 0 Å². The lowest BCUT2D eigenvalue weighted by Crippen LogP contribution is -2.09. The van der Waals surface area contributed by atoms with Gasteiger partial charge in [0, 0.05) is 12.2 Å². The molecule has 0 aromatic heterocycles. The molecule has 11 heavy (non-hydrogen) atoms. The number of hydrogen-bond donors (Lipinski definition) is 1. The van der Waals surface area contributed by atoms with E-state index in [1.807, 2.05) is 0 Å². The SMILES string of the molecule is CCN/C(C)=C/C(C)=C(C)C. The van der Waals surface area contributed by atoms with Crippen LogP contribution in [0.3, 0.4) is 0 Å². The molecule has 0 fully saturated rings. The zero-order valence-electron chi connectivity index (χ0n) is 8.28. The zero-order valence-corrected chi connectivity index (χ0v) is 8.28. The first-order chi connectivity index (χ1) is 5.07. The minimum Gasteiger partial charge on any atom is -0.389 e. The fourth-order valence-corrected chi connectivity index (χ4v) is 0.799. The number of allylic oxidation sites excluding steroid dienone is 4. The lowest BCUT2D eigenvalue weighted by molar-refractivity contribution is 0.852. The Morgan fingerprint density at radius 2 is 1.73 bits per heavy atom. The van der Waals surface area contributed by atoms with Crippen LogP contribution in [0.25, 0.3) is 0 Å². The normalized spacial score (nSPS) is 11.2. The van der Waals surface area contributed by atoms with E-state index < -0.39 is 0 Å². The molecule has 1 heteroatoms. The van der Waals surface area contributed by atoms with Crippen molar-refractivity contribution in [2.24, 2.45) is 0 Å². The molecule has 0 aromatic rings. The first-order valence-corrected chi connectivity index (χ1v) is 4.14. The van der Waals surface area contributed by atoms with Crippen LogP contribution in [-0.2, 0) is 0 Å². The molecule has 0 heterocycles. The van der Waals surface area contributed by atoms with Gasteiger partial charge in [0.2, 0.25) is 0 Å². The van der Waals surface area contributed by atoms with Gasteiger partial charge in [-0.2, -0.15) is 0 Å². The van der Waals surface area contributed by atoms with Crippen molar-refractivity contribution in [1.82, 2.24) is 5.32 Å². The Labute approximate surface area is 70.2 Å². The Morgan fingerprint density at radius 3 is 2.09 bits per heavy atom. The van der Waals surface area contributed by atoms with E-state index in [4.69, 9.17) is 0 Å². The molecular formula is C10H19N.